The van der Waals surface area contributed by atoms with Gasteiger partial charge in [-0.05, 0) is 26.0 Å². The number of nitrogens with zero attached hydrogens (tertiary/aromatic N) is 1. The maximum atomic E-state index is 12.1. The molecule has 0 saturated carbocycles. The molecule has 0 radical (unpaired) electrons. The van der Waals surface area contributed by atoms with Crippen molar-refractivity contribution in [2.75, 3.05) is 20.2 Å². The summed E-state index contributed by atoms with van der Waals surface area (Å²) in [5.74, 6) is 0.775. The summed E-state index contributed by atoms with van der Waals surface area (Å²) in [6.45, 7) is 5.17. The van der Waals surface area contributed by atoms with Crippen LogP contribution in [0, 0.1) is 0 Å². The van der Waals surface area contributed by atoms with Crippen LogP contribution in [0.15, 0.2) is 30.5 Å². The van der Waals surface area contributed by atoms with Crippen molar-refractivity contribution in [1.29, 1.82) is 0 Å². The lowest BCUT2D eigenvalue weighted by Gasteiger charge is -2.34. The number of carbonyl (C=O) groups excluding carboxylic acids is 1. The molecular weight excluding hydrogens is 268 g/mol. The number of hydrogen-bond donors (Lipinski definition) is 1. The van der Waals surface area contributed by atoms with Crippen LogP contribution >= 0.6 is 0 Å². The number of morpholine rings is 1. The lowest BCUT2D eigenvalue weighted by atomic mass is 10.2. The van der Waals surface area contributed by atoms with E-state index in [9.17, 15) is 4.79 Å². The van der Waals surface area contributed by atoms with Crippen LogP contribution < -0.4 is 10.1 Å². The van der Waals surface area contributed by atoms with E-state index in [-0.39, 0.29) is 18.2 Å². The monoisotopic (exact) mass is 290 g/mol. The summed E-state index contributed by atoms with van der Waals surface area (Å²) in [5, 5.41) is 2.79. The molecule has 2 unspecified atom stereocenters. The van der Waals surface area contributed by atoms with Gasteiger partial charge in [0, 0.05) is 24.9 Å². The highest BCUT2D eigenvalue weighted by Gasteiger charge is 2.25. The van der Waals surface area contributed by atoms with Crippen molar-refractivity contribution in [3.63, 3.8) is 0 Å². The van der Waals surface area contributed by atoms with Crippen molar-refractivity contribution >= 4 is 12.1 Å². The molecule has 1 aliphatic heterocycles. The predicted octanol–water partition coefficient (Wildman–Crippen LogP) is 2.48. The third-order valence-electron chi connectivity index (χ3n) is 3.32. The van der Waals surface area contributed by atoms with Crippen LogP contribution in [0.4, 0.5) is 4.79 Å². The molecule has 1 aromatic rings. The summed E-state index contributed by atoms with van der Waals surface area (Å²) in [5.41, 5.74) is 0.920. The Balaban J connectivity index is 1.93. The topological polar surface area (TPSA) is 50.8 Å². The second-order valence-corrected chi connectivity index (χ2v) is 5.19. The summed E-state index contributed by atoms with van der Waals surface area (Å²) < 4.78 is 10.9. The molecule has 1 fully saturated rings. The third kappa shape index (κ3) is 4.23. The highest BCUT2D eigenvalue weighted by Crippen LogP contribution is 2.18. The van der Waals surface area contributed by atoms with Gasteiger partial charge in [0.1, 0.15) is 5.75 Å². The van der Waals surface area contributed by atoms with E-state index in [0.29, 0.717) is 13.1 Å². The second kappa shape index (κ2) is 7.13. The Morgan fingerprint density at radius 1 is 1.33 bits per heavy atom. The van der Waals surface area contributed by atoms with Crippen LogP contribution in [-0.2, 0) is 4.74 Å². The Kier molecular flexibility index (Phi) is 5.22. The molecule has 1 N–H and O–H groups in total. The third-order valence-corrected chi connectivity index (χ3v) is 3.32. The quantitative estimate of drug-likeness (QED) is 0.930. The van der Waals surface area contributed by atoms with Crippen LogP contribution in [0.3, 0.4) is 0 Å². The van der Waals surface area contributed by atoms with Gasteiger partial charge < -0.3 is 19.7 Å². The first-order chi connectivity index (χ1) is 10.1. The normalized spacial score (nSPS) is 22.3. The van der Waals surface area contributed by atoms with Gasteiger partial charge in [0.15, 0.2) is 0 Å². The molecule has 5 nitrogen and oxygen atoms in total. The molecule has 0 bridgehead atoms. The van der Waals surface area contributed by atoms with Crippen molar-refractivity contribution < 1.29 is 14.3 Å². The maximum Gasteiger partial charge on any atom is 0.321 e. The molecule has 1 aromatic carbocycles. The zero-order valence-electron chi connectivity index (χ0n) is 12.7. The first-order valence-electron chi connectivity index (χ1n) is 7.10. The van der Waals surface area contributed by atoms with Crippen molar-refractivity contribution in [1.82, 2.24) is 10.2 Å². The van der Waals surface area contributed by atoms with Crippen LogP contribution in [0.5, 0.6) is 5.75 Å². The molecule has 2 atom stereocenters. The SMILES string of the molecule is COc1ccccc1/C=C/NC(=O)N1CC(C)OC(C)C1. The Labute approximate surface area is 125 Å². The molecular formula is C16H22N2O3. The number of nitrogens with one attached hydrogen (secondary N) is 1. The lowest BCUT2D eigenvalue weighted by Crippen LogP contribution is -2.50. The minimum absolute atomic E-state index is 0.0673. The first-order valence-corrected chi connectivity index (χ1v) is 7.10. The van der Waals surface area contributed by atoms with E-state index in [2.05, 4.69) is 5.32 Å². The highest BCUT2D eigenvalue weighted by molar-refractivity contribution is 5.76. The Morgan fingerprint density at radius 3 is 2.67 bits per heavy atom. The van der Waals surface area contributed by atoms with Crippen molar-refractivity contribution in [2.45, 2.75) is 26.1 Å². The van der Waals surface area contributed by atoms with Gasteiger partial charge in [-0.1, -0.05) is 18.2 Å². The van der Waals surface area contributed by atoms with Crippen molar-refractivity contribution in [3.8, 4) is 5.75 Å². The molecule has 0 aliphatic carbocycles. The first kappa shape index (κ1) is 15.4. The fourth-order valence-electron chi connectivity index (χ4n) is 2.44. The summed E-state index contributed by atoms with van der Waals surface area (Å²) in [6, 6.07) is 7.54. The average Bonchev–Trinajstić information content (AvgIpc) is 2.46. The fourth-order valence-corrected chi connectivity index (χ4v) is 2.44. The molecule has 21 heavy (non-hydrogen) atoms. The van der Waals surface area contributed by atoms with Gasteiger partial charge in [-0.3, -0.25) is 0 Å². The number of methoxy groups -OCH3 is 1. The van der Waals surface area contributed by atoms with E-state index >= 15 is 0 Å². The average molecular weight is 290 g/mol. The number of hydrogen-bond acceptors (Lipinski definition) is 3. The van der Waals surface area contributed by atoms with Crippen LogP contribution in [0.2, 0.25) is 0 Å². The van der Waals surface area contributed by atoms with Gasteiger partial charge in [-0.15, -0.1) is 0 Å². The number of urea groups is 1. The lowest BCUT2D eigenvalue weighted by molar-refractivity contribution is -0.0541. The van der Waals surface area contributed by atoms with Gasteiger partial charge >= 0.3 is 6.03 Å². The van der Waals surface area contributed by atoms with Gasteiger partial charge in [0.25, 0.3) is 0 Å². The van der Waals surface area contributed by atoms with E-state index in [4.69, 9.17) is 9.47 Å². The van der Waals surface area contributed by atoms with E-state index in [1.807, 2.05) is 44.2 Å². The number of benzene rings is 1. The number of para-hydroxylation sites is 1. The maximum absolute atomic E-state index is 12.1. The molecule has 1 saturated heterocycles. The summed E-state index contributed by atoms with van der Waals surface area (Å²) in [4.78, 5) is 13.9. The Hall–Kier alpha value is -2.01. The highest BCUT2D eigenvalue weighted by atomic mass is 16.5. The second-order valence-electron chi connectivity index (χ2n) is 5.19. The Bertz CT molecular complexity index is 506. The largest absolute Gasteiger partial charge is 0.496 e. The molecule has 1 aliphatic rings. The molecule has 2 rings (SSSR count). The van der Waals surface area contributed by atoms with Gasteiger partial charge in [-0.25, -0.2) is 4.79 Å². The van der Waals surface area contributed by atoms with Crippen LogP contribution in [0.1, 0.15) is 19.4 Å². The summed E-state index contributed by atoms with van der Waals surface area (Å²) in [7, 11) is 1.63. The van der Waals surface area contributed by atoms with Crippen LogP contribution in [0.25, 0.3) is 6.08 Å². The molecule has 1 heterocycles. The Morgan fingerprint density at radius 2 is 2.00 bits per heavy atom. The smallest absolute Gasteiger partial charge is 0.321 e. The van der Waals surface area contributed by atoms with E-state index < -0.39 is 0 Å². The molecule has 5 heteroatoms. The van der Waals surface area contributed by atoms with Crippen molar-refractivity contribution in [3.05, 3.63) is 36.0 Å². The van der Waals surface area contributed by atoms with Gasteiger partial charge in [-0.2, -0.15) is 0 Å². The predicted molar refractivity (Wildman–Crippen MR) is 82.1 cm³/mol. The number of rotatable bonds is 3. The van der Waals surface area contributed by atoms with E-state index in [1.54, 1.807) is 18.2 Å². The summed E-state index contributed by atoms with van der Waals surface area (Å²) in [6.07, 6.45) is 3.60. The number of carbonyl (C=O) groups is 1. The standard InChI is InChI=1S/C16H22N2O3/c1-12-10-18(11-13(2)21-12)16(19)17-9-8-14-6-4-5-7-15(14)20-3/h4-9,12-13H,10-11H2,1-3H3,(H,17,19)/b9-8+. The van der Waals surface area contributed by atoms with Crippen molar-refractivity contribution in [2.24, 2.45) is 0 Å². The number of ether oxygens (including phenoxy) is 2. The fraction of sp³-hybridized carbons (Fsp3) is 0.438. The molecule has 2 amide bonds. The molecule has 0 aromatic heterocycles. The molecule has 114 valence electrons. The van der Waals surface area contributed by atoms with E-state index in [0.717, 1.165) is 11.3 Å². The zero-order valence-corrected chi connectivity index (χ0v) is 12.7. The molecule has 0 spiro atoms. The van der Waals surface area contributed by atoms with Gasteiger partial charge in [0.2, 0.25) is 0 Å². The van der Waals surface area contributed by atoms with E-state index in [1.165, 1.54) is 0 Å². The van der Waals surface area contributed by atoms with Gasteiger partial charge in [0.05, 0.1) is 19.3 Å². The zero-order chi connectivity index (χ0) is 15.2. The minimum Gasteiger partial charge on any atom is -0.496 e. The minimum atomic E-state index is -0.108. The number of amides is 2. The summed E-state index contributed by atoms with van der Waals surface area (Å²) >= 11 is 0. The van der Waals surface area contributed by atoms with Crippen LogP contribution in [-0.4, -0.2) is 43.3 Å².